The first-order valence-electron chi connectivity index (χ1n) is 9.28. The van der Waals surface area contributed by atoms with Gasteiger partial charge in [-0.05, 0) is 31.2 Å². The average Bonchev–Trinajstić information content (AvgIpc) is 2.73. The van der Waals surface area contributed by atoms with Gasteiger partial charge in [0.15, 0.2) is 6.10 Å². The third-order valence-electron chi connectivity index (χ3n) is 4.84. The van der Waals surface area contributed by atoms with Crippen LogP contribution in [0.3, 0.4) is 0 Å². The number of para-hydroxylation sites is 1. The normalized spacial score (nSPS) is 15.6. The van der Waals surface area contributed by atoms with E-state index in [1.807, 2.05) is 6.07 Å². The molecule has 2 aromatic carbocycles. The van der Waals surface area contributed by atoms with Crippen LogP contribution in [0.1, 0.15) is 12.5 Å². The molecule has 1 amide bonds. The van der Waals surface area contributed by atoms with Crippen LogP contribution < -0.4 is 9.64 Å². The first kappa shape index (κ1) is 21.4. The third kappa shape index (κ3) is 4.81. The molecule has 0 aromatic heterocycles. The van der Waals surface area contributed by atoms with E-state index in [1.54, 1.807) is 41.0 Å². The number of alkyl halides is 3. The van der Waals surface area contributed by atoms with Crippen molar-refractivity contribution < 1.29 is 27.6 Å². The Morgan fingerprint density at radius 2 is 1.73 bits per heavy atom. The molecular weight excluding hydrogens is 403 g/mol. The monoisotopic (exact) mass is 423 g/mol. The van der Waals surface area contributed by atoms with Crippen molar-refractivity contribution in [3.63, 3.8) is 0 Å². The van der Waals surface area contributed by atoms with Crippen LogP contribution in [0.15, 0.2) is 48.5 Å². The Bertz CT molecular complexity index is 913. The molecule has 0 aliphatic carbocycles. The number of nitrogens with zero attached hydrogens (tertiary/aromatic N) is 3. The highest BCUT2D eigenvalue weighted by Gasteiger charge is 2.34. The number of anilines is 1. The van der Waals surface area contributed by atoms with Crippen LogP contribution in [0.2, 0.25) is 0 Å². The van der Waals surface area contributed by atoms with Gasteiger partial charge in [-0.25, -0.2) is 0 Å². The van der Waals surface area contributed by atoms with Gasteiger partial charge in [0.05, 0.1) is 10.5 Å². The fourth-order valence-corrected chi connectivity index (χ4v) is 3.29. The lowest BCUT2D eigenvalue weighted by Gasteiger charge is -2.36. The number of carbonyl (C=O) groups is 1. The van der Waals surface area contributed by atoms with E-state index in [0.29, 0.717) is 11.8 Å². The van der Waals surface area contributed by atoms with Crippen molar-refractivity contribution in [1.29, 1.82) is 0 Å². The molecule has 1 aliphatic rings. The fraction of sp³-hybridized carbons (Fsp3) is 0.350. The second kappa shape index (κ2) is 8.60. The van der Waals surface area contributed by atoms with Gasteiger partial charge in [0, 0.05) is 32.2 Å². The van der Waals surface area contributed by atoms with Crippen LogP contribution in [-0.4, -0.2) is 48.0 Å². The lowest BCUT2D eigenvalue weighted by molar-refractivity contribution is -0.384. The number of hydrogen-bond acceptors (Lipinski definition) is 5. The SMILES string of the molecule is CC(Oc1ccccc1)C(=O)N1CCN(c2ccc(C(F)(F)F)cc2[N+](=O)[O-])CC1. The summed E-state index contributed by atoms with van der Waals surface area (Å²) in [4.78, 5) is 26.3. The standard InChI is InChI=1S/C20H20F3N3O4/c1-14(30-16-5-3-2-4-6-16)19(27)25-11-9-24(10-12-25)17-8-7-15(20(21,22)23)13-18(17)26(28)29/h2-8,13-14H,9-12H2,1H3. The van der Waals surface area contributed by atoms with Gasteiger partial charge in [-0.2, -0.15) is 13.2 Å². The zero-order valence-electron chi connectivity index (χ0n) is 16.1. The molecule has 1 heterocycles. The van der Waals surface area contributed by atoms with Crippen LogP contribution in [0.4, 0.5) is 24.5 Å². The van der Waals surface area contributed by atoms with Crippen molar-refractivity contribution in [3.8, 4) is 5.75 Å². The number of benzene rings is 2. The molecule has 0 spiro atoms. The molecule has 3 rings (SSSR count). The summed E-state index contributed by atoms with van der Waals surface area (Å²) in [5.41, 5.74) is -1.57. The van der Waals surface area contributed by atoms with E-state index < -0.39 is 28.5 Å². The average molecular weight is 423 g/mol. The zero-order chi connectivity index (χ0) is 21.9. The number of rotatable bonds is 5. The number of hydrogen-bond donors (Lipinski definition) is 0. The second-order valence-corrected chi connectivity index (χ2v) is 6.84. The van der Waals surface area contributed by atoms with Crippen LogP contribution in [0.5, 0.6) is 5.75 Å². The molecule has 160 valence electrons. The number of nitro groups is 1. The largest absolute Gasteiger partial charge is 0.481 e. The van der Waals surface area contributed by atoms with Gasteiger partial charge in [-0.1, -0.05) is 18.2 Å². The topological polar surface area (TPSA) is 75.9 Å². The lowest BCUT2D eigenvalue weighted by atomic mass is 10.1. The predicted molar refractivity (Wildman–Crippen MR) is 103 cm³/mol. The number of nitro benzene ring substituents is 1. The van der Waals surface area contributed by atoms with Crippen molar-refractivity contribution in [1.82, 2.24) is 4.90 Å². The smallest absolute Gasteiger partial charge is 0.416 e. The van der Waals surface area contributed by atoms with Crippen molar-refractivity contribution in [2.45, 2.75) is 19.2 Å². The molecule has 0 N–H and O–H groups in total. The number of halogens is 3. The molecule has 1 aliphatic heterocycles. The molecule has 1 fully saturated rings. The van der Waals surface area contributed by atoms with Gasteiger partial charge in [0.2, 0.25) is 0 Å². The Kier molecular flexibility index (Phi) is 6.14. The predicted octanol–water partition coefficient (Wildman–Crippen LogP) is 3.73. The van der Waals surface area contributed by atoms with E-state index in [4.69, 9.17) is 4.74 Å². The molecule has 0 bridgehead atoms. The summed E-state index contributed by atoms with van der Waals surface area (Å²) in [5, 5.41) is 11.3. The molecular formula is C20H20F3N3O4. The van der Waals surface area contributed by atoms with E-state index in [0.717, 1.165) is 12.1 Å². The fourth-order valence-electron chi connectivity index (χ4n) is 3.29. The maximum Gasteiger partial charge on any atom is 0.416 e. The minimum Gasteiger partial charge on any atom is -0.481 e. The van der Waals surface area contributed by atoms with Gasteiger partial charge in [-0.3, -0.25) is 14.9 Å². The van der Waals surface area contributed by atoms with E-state index in [-0.39, 0.29) is 37.8 Å². The van der Waals surface area contributed by atoms with Gasteiger partial charge in [-0.15, -0.1) is 0 Å². The molecule has 30 heavy (non-hydrogen) atoms. The minimum atomic E-state index is -4.66. The Morgan fingerprint density at radius 3 is 2.30 bits per heavy atom. The summed E-state index contributed by atoms with van der Waals surface area (Å²) < 4.78 is 44.3. The van der Waals surface area contributed by atoms with E-state index in [1.165, 1.54) is 0 Å². The van der Waals surface area contributed by atoms with Crippen LogP contribution in [-0.2, 0) is 11.0 Å². The zero-order valence-corrected chi connectivity index (χ0v) is 16.1. The molecule has 10 heteroatoms. The quantitative estimate of drug-likeness (QED) is 0.541. The first-order chi connectivity index (χ1) is 14.2. The number of piperazine rings is 1. The first-order valence-corrected chi connectivity index (χ1v) is 9.28. The summed E-state index contributed by atoms with van der Waals surface area (Å²) in [7, 11) is 0. The summed E-state index contributed by atoms with van der Waals surface area (Å²) in [6.07, 6.45) is -5.37. The number of ether oxygens (including phenoxy) is 1. The maximum absolute atomic E-state index is 12.9. The Morgan fingerprint density at radius 1 is 1.10 bits per heavy atom. The van der Waals surface area contributed by atoms with Gasteiger partial charge >= 0.3 is 6.18 Å². The van der Waals surface area contributed by atoms with E-state index >= 15 is 0 Å². The molecule has 2 aromatic rings. The van der Waals surface area contributed by atoms with Crippen LogP contribution in [0.25, 0.3) is 0 Å². The highest BCUT2D eigenvalue weighted by atomic mass is 19.4. The molecule has 0 radical (unpaired) electrons. The summed E-state index contributed by atoms with van der Waals surface area (Å²) in [6, 6.07) is 11.4. The second-order valence-electron chi connectivity index (χ2n) is 6.84. The van der Waals surface area contributed by atoms with Crippen molar-refractivity contribution in [3.05, 3.63) is 64.2 Å². The lowest BCUT2D eigenvalue weighted by Crippen LogP contribution is -2.52. The van der Waals surface area contributed by atoms with Gasteiger partial charge in [0.1, 0.15) is 11.4 Å². The van der Waals surface area contributed by atoms with Crippen LogP contribution in [0, 0.1) is 10.1 Å². The highest BCUT2D eigenvalue weighted by molar-refractivity contribution is 5.81. The Labute approximate surface area is 170 Å². The van der Waals surface area contributed by atoms with E-state index in [2.05, 4.69) is 0 Å². The van der Waals surface area contributed by atoms with Crippen LogP contribution >= 0.6 is 0 Å². The molecule has 0 saturated carbocycles. The Hall–Kier alpha value is -3.30. The van der Waals surface area contributed by atoms with Crippen molar-refractivity contribution in [2.24, 2.45) is 0 Å². The summed E-state index contributed by atoms with van der Waals surface area (Å²) >= 11 is 0. The number of amides is 1. The highest BCUT2D eigenvalue weighted by Crippen LogP contribution is 2.36. The van der Waals surface area contributed by atoms with Gasteiger partial charge < -0.3 is 14.5 Å². The summed E-state index contributed by atoms with van der Waals surface area (Å²) in [5.74, 6) is 0.345. The van der Waals surface area contributed by atoms with E-state index in [9.17, 15) is 28.1 Å². The number of carbonyl (C=O) groups excluding carboxylic acids is 1. The Balaban J connectivity index is 1.66. The van der Waals surface area contributed by atoms with Crippen molar-refractivity contribution in [2.75, 3.05) is 31.1 Å². The molecule has 7 nitrogen and oxygen atoms in total. The third-order valence-corrected chi connectivity index (χ3v) is 4.84. The minimum absolute atomic E-state index is 0.105. The summed E-state index contributed by atoms with van der Waals surface area (Å²) in [6.45, 7) is 2.72. The molecule has 1 atom stereocenters. The van der Waals surface area contributed by atoms with Crippen molar-refractivity contribution >= 4 is 17.3 Å². The molecule has 1 unspecified atom stereocenters. The maximum atomic E-state index is 12.9. The molecule has 1 saturated heterocycles. The van der Waals surface area contributed by atoms with Gasteiger partial charge in [0.25, 0.3) is 11.6 Å².